The van der Waals surface area contributed by atoms with E-state index < -0.39 is 0 Å². The number of nitrogens with one attached hydrogen (secondary N) is 1. The fourth-order valence-corrected chi connectivity index (χ4v) is 3.34. The third-order valence-electron chi connectivity index (χ3n) is 4.51. The Bertz CT molecular complexity index is 577. The van der Waals surface area contributed by atoms with Gasteiger partial charge in [0.15, 0.2) is 5.96 Å². The van der Waals surface area contributed by atoms with E-state index in [9.17, 15) is 0 Å². The van der Waals surface area contributed by atoms with E-state index in [1.807, 2.05) is 32.3 Å². The molecule has 1 unspecified atom stereocenters. The van der Waals surface area contributed by atoms with Gasteiger partial charge < -0.3 is 19.7 Å². The van der Waals surface area contributed by atoms with Gasteiger partial charge >= 0.3 is 0 Å². The Morgan fingerprint density at radius 3 is 2.88 bits per heavy atom. The zero-order valence-corrected chi connectivity index (χ0v) is 16.9. The average molecular weight is 363 g/mol. The van der Waals surface area contributed by atoms with E-state index >= 15 is 0 Å². The van der Waals surface area contributed by atoms with Crippen LogP contribution in [0, 0.1) is 5.92 Å². The lowest BCUT2D eigenvalue weighted by Crippen LogP contribution is -2.50. The molecule has 1 aliphatic rings. The molecule has 1 heterocycles. The molecule has 26 heavy (non-hydrogen) atoms. The molecular weight excluding hydrogens is 328 g/mol. The minimum absolute atomic E-state index is 0.193. The number of methoxy groups -OCH3 is 1. The number of morpholine rings is 1. The number of aliphatic imine (C=N–C) groups is 1. The molecule has 1 N–H and O–H groups in total. The van der Waals surface area contributed by atoms with Gasteiger partial charge in [0.05, 0.1) is 19.8 Å². The SMILES string of the molecule is CN=C(NCC1CN(CC(C)C)CCO1)N(C)Cc1ccccc1OC. The zero-order valence-electron chi connectivity index (χ0n) is 16.9. The maximum absolute atomic E-state index is 5.92. The van der Waals surface area contributed by atoms with Gasteiger partial charge in [0.2, 0.25) is 0 Å². The van der Waals surface area contributed by atoms with Crippen molar-refractivity contribution < 1.29 is 9.47 Å². The third kappa shape index (κ3) is 6.18. The van der Waals surface area contributed by atoms with Crippen molar-refractivity contribution in [2.45, 2.75) is 26.5 Å². The average Bonchev–Trinajstić information content (AvgIpc) is 2.62. The monoisotopic (exact) mass is 362 g/mol. The van der Waals surface area contributed by atoms with Crippen LogP contribution in [0.5, 0.6) is 5.75 Å². The summed E-state index contributed by atoms with van der Waals surface area (Å²) in [6.07, 6.45) is 0.193. The van der Waals surface area contributed by atoms with Crippen LogP contribution < -0.4 is 10.1 Å². The van der Waals surface area contributed by atoms with E-state index in [-0.39, 0.29) is 6.10 Å². The second kappa shape index (κ2) is 10.4. The lowest BCUT2D eigenvalue weighted by molar-refractivity contribution is -0.0286. The van der Waals surface area contributed by atoms with Crippen LogP contribution >= 0.6 is 0 Å². The summed E-state index contributed by atoms with van der Waals surface area (Å²) in [6.45, 7) is 9.94. The standard InChI is InChI=1S/C20H34N4O2/c1-16(2)13-24-10-11-26-18(15-24)12-22-20(21-3)23(4)14-17-8-6-7-9-19(17)25-5/h6-9,16,18H,10-15H2,1-5H3,(H,21,22). The molecule has 0 spiro atoms. The molecule has 0 saturated carbocycles. The van der Waals surface area contributed by atoms with Gasteiger partial charge in [-0.15, -0.1) is 0 Å². The molecule has 146 valence electrons. The largest absolute Gasteiger partial charge is 0.496 e. The quantitative estimate of drug-likeness (QED) is 0.594. The molecule has 0 aromatic heterocycles. The summed E-state index contributed by atoms with van der Waals surface area (Å²) in [4.78, 5) is 9.00. The predicted molar refractivity (Wildman–Crippen MR) is 107 cm³/mol. The summed E-state index contributed by atoms with van der Waals surface area (Å²) >= 11 is 0. The molecule has 1 saturated heterocycles. The van der Waals surface area contributed by atoms with Crippen LogP contribution in [-0.2, 0) is 11.3 Å². The van der Waals surface area contributed by atoms with Crippen LogP contribution in [-0.4, -0.2) is 75.9 Å². The topological polar surface area (TPSA) is 49.3 Å². The molecule has 0 bridgehead atoms. The Morgan fingerprint density at radius 1 is 1.42 bits per heavy atom. The van der Waals surface area contributed by atoms with Crippen LogP contribution in [0.3, 0.4) is 0 Å². The maximum Gasteiger partial charge on any atom is 0.193 e. The highest BCUT2D eigenvalue weighted by Crippen LogP contribution is 2.18. The fourth-order valence-electron chi connectivity index (χ4n) is 3.34. The number of para-hydroxylation sites is 1. The molecule has 1 atom stereocenters. The van der Waals surface area contributed by atoms with Crippen LogP contribution in [0.15, 0.2) is 29.3 Å². The Morgan fingerprint density at radius 2 is 2.19 bits per heavy atom. The van der Waals surface area contributed by atoms with Gasteiger partial charge in [-0.05, 0) is 12.0 Å². The number of hydrogen-bond acceptors (Lipinski definition) is 4. The highest BCUT2D eigenvalue weighted by atomic mass is 16.5. The summed E-state index contributed by atoms with van der Waals surface area (Å²) < 4.78 is 11.4. The molecule has 6 nitrogen and oxygen atoms in total. The number of nitrogens with zero attached hydrogens (tertiary/aromatic N) is 3. The van der Waals surface area contributed by atoms with E-state index in [4.69, 9.17) is 9.47 Å². The molecule has 6 heteroatoms. The van der Waals surface area contributed by atoms with Gasteiger partial charge in [-0.2, -0.15) is 0 Å². The van der Waals surface area contributed by atoms with E-state index in [0.717, 1.165) is 56.6 Å². The van der Waals surface area contributed by atoms with Crippen LogP contribution in [0.1, 0.15) is 19.4 Å². The Balaban J connectivity index is 1.86. The lowest BCUT2D eigenvalue weighted by Gasteiger charge is -2.34. The summed E-state index contributed by atoms with van der Waals surface area (Å²) in [5.74, 6) is 2.44. The molecule has 0 amide bonds. The van der Waals surface area contributed by atoms with Crippen LogP contribution in [0.4, 0.5) is 0 Å². The molecule has 1 aliphatic heterocycles. The summed E-state index contributed by atoms with van der Waals surface area (Å²) in [7, 11) is 5.55. The van der Waals surface area contributed by atoms with Crippen molar-refractivity contribution in [3.8, 4) is 5.75 Å². The fraction of sp³-hybridized carbons (Fsp3) is 0.650. The minimum atomic E-state index is 0.193. The van der Waals surface area contributed by atoms with E-state index in [0.29, 0.717) is 5.92 Å². The van der Waals surface area contributed by atoms with Crippen molar-refractivity contribution in [2.24, 2.45) is 10.9 Å². The predicted octanol–water partition coefficient (Wildman–Crippen LogP) is 2.06. The Kier molecular flexibility index (Phi) is 8.19. The van der Waals surface area contributed by atoms with Crippen molar-refractivity contribution in [2.75, 3.05) is 54.0 Å². The number of ether oxygens (including phenoxy) is 2. The highest BCUT2D eigenvalue weighted by Gasteiger charge is 2.21. The number of rotatable bonds is 7. The van der Waals surface area contributed by atoms with E-state index in [1.165, 1.54) is 0 Å². The van der Waals surface area contributed by atoms with Crippen LogP contribution in [0.2, 0.25) is 0 Å². The molecule has 0 aliphatic carbocycles. The second-order valence-corrected chi connectivity index (χ2v) is 7.24. The van der Waals surface area contributed by atoms with Gasteiger partial charge in [0.1, 0.15) is 5.75 Å². The molecule has 2 rings (SSSR count). The summed E-state index contributed by atoms with van der Waals surface area (Å²) in [5, 5.41) is 3.45. The third-order valence-corrected chi connectivity index (χ3v) is 4.51. The molecule has 1 aromatic carbocycles. The molecular formula is C20H34N4O2. The van der Waals surface area contributed by atoms with Crippen molar-refractivity contribution >= 4 is 5.96 Å². The van der Waals surface area contributed by atoms with Gasteiger partial charge in [0.25, 0.3) is 0 Å². The minimum Gasteiger partial charge on any atom is -0.496 e. The molecule has 0 radical (unpaired) electrons. The Labute approximate surface area is 158 Å². The van der Waals surface area contributed by atoms with Gasteiger partial charge in [-0.1, -0.05) is 32.0 Å². The Hall–Kier alpha value is -1.79. The lowest BCUT2D eigenvalue weighted by atomic mass is 10.2. The van der Waals surface area contributed by atoms with Gasteiger partial charge in [0, 0.05) is 52.4 Å². The first-order chi connectivity index (χ1) is 12.5. The maximum atomic E-state index is 5.92. The van der Waals surface area contributed by atoms with Crippen molar-refractivity contribution in [1.82, 2.24) is 15.1 Å². The number of benzene rings is 1. The number of hydrogen-bond donors (Lipinski definition) is 1. The zero-order chi connectivity index (χ0) is 18.9. The first-order valence-electron chi connectivity index (χ1n) is 9.41. The van der Waals surface area contributed by atoms with Crippen molar-refractivity contribution in [3.63, 3.8) is 0 Å². The second-order valence-electron chi connectivity index (χ2n) is 7.24. The summed E-state index contributed by atoms with van der Waals surface area (Å²) in [6, 6.07) is 8.08. The van der Waals surface area contributed by atoms with Crippen molar-refractivity contribution in [1.29, 1.82) is 0 Å². The smallest absolute Gasteiger partial charge is 0.193 e. The summed E-state index contributed by atoms with van der Waals surface area (Å²) in [5.41, 5.74) is 1.14. The normalized spacial score (nSPS) is 18.8. The number of guanidine groups is 1. The highest BCUT2D eigenvalue weighted by molar-refractivity contribution is 5.79. The first-order valence-corrected chi connectivity index (χ1v) is 9.41. The van der Waals surface area contributed by atoms with Gasteiger partial charge in [-0.25, -0.2) is 0 Å². The first kappa shape index (κ1) is 20.5. The van der Waals surface area contributed by atoms with Crippen molar-refractivity contribution in [3.05, 3.63) is 29.8 Å². The van der Waals surface area contributed by atoms with Gasteiger partial charge in [-0.3, -0.25) is 9.89 Å². The molecule has 1 aromatic rings. The molecule has 1 fully saturated rings. The van der Waals surface area contributed by atoms with E-state index in [1.54, 1.807) is 7.11 Å². The van der Waals surface area contributed by atoms with Crippen LogP contribution in [0.25, 0.3) is 0 Å². The van der Waals surface area contributed by atoms with E-state index in [2.05, 4.69) is 40.0 Å².